The van der Waals surface area contributed by atoms with E-state index < -0.39 is 0 Å². The topological polar surface area (TPSA) is 17.1 Å². The highest BCUT2D eigenvalue weighted by Crippen LogP contribution is 2.37. The minimum atomic E-state index is -0.0880. The summed E-state index contributed by atoms with van der Waals surface area (Å²) in [7, 11) is 0. The molecule has 0 aliphatic heterocycles. The lowest BCUT2D eigenvalue weighted by Crippen LogP contribution is -2.24. The summed E-state index contributed by atoms with van der Waals surface area (Å²) in [4.78, 5) is 11.8. The quantitative estimate of drug-likeness (QED) is 0.719. The van der Waals surface area contributed by atoms with E-state index in [4.69, 9.17) is 0 Å². The molecule has 1 aromatic rings. The summed E-state index contributed by atoms with van der Waals surface area (Å²) < 4.78 is 0. The van der Waals surface area contributed by atoms with Gasteiger partial charge in [0.05, 0.1) is 0 Å². The third-order valence-corrected chi connectivity index (χ3v) is 3.52. The average molecular weight is 202 g/mol. The third kappa shape index (κ3) is 2.11. The maximum absolute atomic E-state index is 11.8. The zero-order valence-corrected chi connectivity index (χ0v) is 9.55. The van der Waals surface area contributed by atoms with Crippen molar-refractivity contribution in [2.45, 2.75) is 39.5 Å². The van der Waals surface area contributed by atoms with Gasteiger partial charge in [0.15, 0.2) is 0 Å². The van der Waals surface area contributed by atoms with Crippen LogP contribution >= 0.6 is 0 Å². The van der Waals surface area contributed by atoms with Crippen molar-refractivity contribution in [2.75, 3.05) is 0 Å². The first-order valence-corrected chi connectivity index (χ1v) is 5.69. The molecule has 1 aliphatic carbocycles. The van der Waals surface area contributed by atoms with Crippen LogP contribution in [0.4, 0.5) is 0 Å². The van der Waals surface area contributed by atoms with E-state index in [2.05, 4.69) is 38.1 Å². The van der Waals surface area contributed by atoms with Crippen LogP contribution in [0.2, 0.25) is 0 Å². The molecule has 2 rings (SSSR count). The molecule has 0 saturated heterocycles. The van der Waals surface area contributed by atoms with Crippen LogP contribution in [0.1, 0.15) is 37.3 Å². The van der Waals surface area contributed by atoms with Crippen LogP contribution < -0.4 is 0 Å². The van der Waals surface area contributed by atoms with E-state index in [9.17, 15) is 4.79 Å². The Balaban J connectivity index is 2.14. The highest BCUT2D eigenvalue weighted by Gasteiger charge is 2.36. The molecular weight excluding hydrogens is 184 g/mol. The van der Waals surface area contributed by atoms with Crippen molar-refractivity contribution >= 4 is 5.78 Å². The van der Waals surface area contributed by atoms with Crippen LogP contribution in [0.5, 0.6) is 0 Å². The molecular formula is C14H18O. The molecule has 0 N–H and O–H groups in total. The normalized spacial score (nSPS) is 25.9. The lowest BCUT2D eigenvalue weighted by molar-refractivity contribution is -0.124. The molecule has 0 heterocycles. The summed E-state index contributed by atoms with van der Waals surface area (Å²) in [6.45, 7) is 4.20. The number of hydrogen-bond donors (Lipinski definition) is 0. The van der Waals surface area contributed by atoms with E-state index in [0.29, 0.717) is 5.78 Å². The summed E-state index contributed by atoms with van der Waals surface area (Å²) >= 11 is 0. The highest BCUT2D eigenvalue weighted by molar-refractivity contribution is 5.86. The monoisotopic (exact) mass is 202 g/mol. The molecule has 0 bridgehead atoms. The zero-order chi connectivity index (χ0) is 10.9. The number of rotatable bonds is 2. The van der Waals surface area contributed by atoms with E-state index in [-0.39, 0.29) is 5.41 Å². The molecule has 1 heteroatoms. The zero-order valence-electron chi connectivity index (χ0n) is 9.55. The Hall–Kier alpha value is -1.11. The van der Waals surface area contributed by atoms with Crippen molar-refractivity contribution in [2.24, 2.45) is 5.41 Å². The van der Waals surface area contributed by atoms with Crippen molar-refractivity contribution in [3.8, 4) is 0 Å². The second-order valence-electron chi connectivity index (χ2n) is 5.00. The maximum atomic E-state index is 11.8. The van der Waals surface area contributed by atoms with E-state index in [1.165, 1.54) is 11.1 Å². The first-order chi connectivity index (χ1) is 7.10. The fraction of sp³-hybridized carbons (Fsp3) is 0.500. The molecule has 1 atom stereocenters. The van der Waals surface area contributed by atoms with Gasteiger partial charge in [0.2, 0.25) is 0 Å². The van der Waals surface area contributed by atoms with Gasteiger partial charge in [0.25, 0.3) is 0 Å². The van der Waals surface area contributed by atoms with Crippen LogP contribution in [0.3, 0.4) is 0 Å². The fourth-order valence-electron chi connectivity index (χ4n) is 2.42. The summed E-state index contributed by atoms with van der Waals surface area (Å²) in [5, 5.41) is 0. The molecule has 1 aliphatic rings. The summed E-state index contributed by atoms with van der Waals surface area (Å²) in [6, 6.07) is 8.54. The summed E-state index contributed by atoms with van der Waals surface area (Å²) in [5.74, 6) is 0.447. The Kier molecular flexibility index (Phi) is 2.64. The number of benzene rings is 1. The molecule has 0 radical (unpaired) electrons. The number of Topliss-reactive ketones (excluding diaryl/α,β-unsaturated/α-hetero) is 1. The SMILES string of the molecule is Cc1ccc(CC2(C)CCCC2=O)cc1. The van der Waals surface area contributed by atoms with Crippen molar-refractivity contribution in [1.29, 1.82) is 0 Å². The molecule has 1 fully saturated rings. The van der Waals surface area contributed by atoms with Gasteiger partial charge in [0, 0.05) is 11.8 Å². The predicted molar refractivity (Wildman–Crippen MR) is 61.8 cm³/mol. The Morgan fingerprint density at radius 3 is 2.47 bits per heavy atom. The predicted octanol–water partition coefficient (Wildman–Crippen LogP) is 3.30. The molecule has 0 amide bonds. The molecule has 1 unspecified atom stereocenters. The van der Waals surface area contributed by atoms with Crippen LogP contribution in [0.25, 0.3) is 0 Å². The fourth-order valence-corrected chi connectivity index (χ4v) is 2.42. The minimum Gasteiger partial charge on any atom is -0.299 e. The number of ketones is 1. The molecule has 1 saturated carbocycles. The first kappa shape index (κ1) is 10.4. The van der Waals surface area contributed by atoms with E-state index >= 15 is 0 Å². The van der Waals surface area contributed by atoms with Crippen LogP contribution in [-0.2, 0) is 11.2 Å². The van der Waals surface area contributed by atoms with Gasteiger partial charge in [-0.05, 0) is 31.7 Å². The smallest absolute Gasteiger partial charge is 0.139 e. The standard InChI is InChI=1S/C14H18O/c1-11-5-7-12(8-6-11)10-14(2)9-3-4-13(14)15/h5-8H,3-4,9-10H2,1-2H3. The van der Waals surface area contributed by atoms with Gasteiger partial charge in [-0.2, -0.15) is 0 Å². The molecule has 1 aromatic carbocycles. The third-order valence-electron chi connectivity index (χ3n) is 3.52. The van der Waals surface area contributed by atoms with Gasteiger partial charge in [-0.1, -0.05) is 36.8 Å². The van der Waals surface area contributed by atoms with E-state index in [1.807, 2.05) is 0 Å². The van der Waals surface area contributed by atoms with Crippen LogP contribution in [-0.4, -0.2) is 5.78 Å². The Labute approximate surface area is 91.5 Å². The molecule has 15 heavy (non-hydrogen) atoms. The Morgan fingerprint density at radius 2 is 1.93 bits per heavy atom. The molecule has 0 spiro atoms. The van der Waals surface area contributed by atoms with Gasteiger partial charge in [-0.3, -0.25) is 4.79 Å². The van der Waals surface area contributed by atoms with Crippen molar-refractivity contribution in [3.63, 3.8) is 0 Å². The largest absolute Gasteiger partial charge is 0.299 e. The van der Waals surface area contributed by atoms with Crippen molar-refractivity contribution in [3.05, 3.63) is 35.4 Å². The van der Waals surface area contributed by atoms with Gasteiger partial charge in [-0.25, -0.2) is 0 Å². The lowest BCUT2D eigenvalue weighted by atomic mass is 9.81. The number of hydrogen-bond acceptors (Lipinski definition) is 1. The number of carbonyl (C=O) groups is 1. The average Bonchev–Trinajstić information content (AvgIpc) is 2.51. The number of carbonyl (C=O) groups excluding carboxylic acids is 1. The van der Waals surface area contributed by atoms with Crippen molar-refractivity contribution in [1.82, 2.24) is 0 Å². The van der Waals surface area contributed by atoms with Crippen LogP contribution in [0, 0.1) is 12.3 Å². The van der Waals surface area contributed by atoms with Gasteiger partial charge in [-0.15, -0.1) is 0 Å². The molecule has 1 nitrogen and oxygen atoms in total. The van der Waals surface area contributed by atoms with E-state index in [0.717, 1.165) is 25.7 Å². The Bertz CT molecular complexity index is 363. The highest BCUT2D eigenvalue weighted by atomic mass is 16.1. The number of aryl methyl sites for hydroxylation is 1. The van der Waals surface area contributed by atoms with Gasteiger partial charge >= 0.3 is 0 Å². The van der Waals surface area contributed by atoms with E-state index in [1.54, 1.807) is 0 Å². The second kappa shape index (κ2) is 3.80. The molecule has 0 aromatic heterocycles. The molecule has 80 valence electrons. The summed E-state index contributed by atoms with van der Waals surface area (Å²) in [6.07, 6.45) is 3.81. The maximum Gasteiger partial charge on any atom is 0.139 e. The minimum absolute atomic E-state index is 0.0880. The van der Waals surface area contributed by atoms with Crippen LogP contribution in [0.15, 0.2) is 24.3 Å². The summed E-state index contributed by atoms with van der Waals surface area (Å²) in [5.41, 5.74) is 2.48. The lowest BCUT2D eigenvalue weighted by Gasteiger charge is -2.21. The van der Waals surface area contributed by atoms with Crippen molar-refractivity contribution < 1.29 is 4.79 Å². The Morgan fingerprint density at radius 1 is 1.27 bits per heavy atom. The van der Waals surface area contributed by atoms with Gasteiger partial charge < -0.3 is 0 Å². The second-order valence-corrected chi connectivity index (χ2v) is 5.00. The first-order valence-electron chi connectivity index (χ1n) is 5.69. The van der Waals surface area contributed by atoms with Gasteiger partial charge in [0.1, 0.15) is 5.78 Å².